The van der Waals surface area contributed by atoms with Gasteiger partial charge in [0.1, 0.15) is 0 Å². The number of fused-ring (bicyclic) bond motifs is 1. The van der Waals surface area contributed by atoms with Crippen LogP contribution in [0.3, 0.4) is 0 Å². The van der Waals surface area contributed by atoms with Gasteiger partial charge in [0.15, 0.2) is 11.5 Å². The Morgan fingerprint density at radius 3 is 2.73 bits per heavy atom. The molecular formula is C10H9FO4. The van der Waals surface area contributed by atoms with E-state index in [-0.39, 0.29) is 23.9 Å². The molecule has 0 amide bonds. The third-order valence-electron chi connectivity index (χ3n) is 2.80. The van der Waals surface area contributed by atoms with Gasteiger partial charge in [0.25, 0.3) is 0 Å². The number of rotatable bonds is 1. The monoisotopic (exact) mass is 212 g/mol. The first-order chi connectivity index (χ1) is 7.12. The van der Waals surface area contributed by atoms with Crippen LogP contribution in [0.25, 0.3) is 0 Å². The van der Waals surface area contributed by atoms with Gasteiger partial charge in [-0.1, -0.05) is 0 Å². The molecule has 1 heterocycles. The summed E-state index contributed by atoms with van der Waals surface area (Å²) in [4.78, 5) is 0. The summed E-state index contributed by atoms with van der Waals surface area (Å²) in [6.07, 6.45) is 1.05. The van der Waals surface area contributed by atoms with Crippen molar-refractivity contribution >= 4 is 0 Å². The minimum absolute atomic E-state index is 0.0619. The number of aliphatic hydroxyl groups is 1. The van der Waals surface area contributed by atoms with Gasteiger partial charge in [0.2, 0.25) is 18.4 Å². The van der Waals surface area contributed by atoms with E-state index >= 15 is 0 Å². The number of halogens is 1. The zero-order valence-corrected chi connectivity index (χ0v) is 7.79. The largest absolute Gasteiger partial charge is 0.504 e. The fourth-order valence-corrected chi connectivity index (χ4v) is 1.73. The van der Waals surface area contributed by atoms with Crippen LogP contribution in [-0.4, -0.2) is 17.0 Å². The van der Waals surface area contributed by atoms with E-state index in [1.165, 1.54) is 6.07 Å². The molecule has 0 aromatic heterocycles. The molecule has 0 atom stereocenters. The molecular weight excluding hydrogens is 203 g/mol. The van der Waals surface area contributed by atoms with E-state index in [1.807, 2.05) is 0 Å². The predicted octanol–water partition coefficient (Wildman–Crippen LogP) is 1.24. The molecule has 0 spiro atoms. The van der Waals surface area contributed by atoms with E-state index in [1.54, 1.807) is 0 Å². The molecule has 5 heteroatoms. The number of hydrogen-bond acceptors (Lipinski definition) is 4. The van der Waals surface area contributed by atoms with E-state index < -0.39 is 17.2 Å². The van der Waals surface area contributed by atoms with Crippen LogP contribution >= 0.6 is 0 Å². The third-order valence-corrected chi connectivity index (χ3v) is 2.80. The molecule has 1 aliphatic carbocycles. The Kier molecular flexibility index (Phi) is 1.49. The van der Waals surface area contributed by atoms with Gasteiger partial charge in [-0.3, -0.25) is 0 Å². The van der Waals surface area contributed by atoms with Crippen LogP contribution in [0.15, 0.2) is 6.07 Å². The summed E-state index contributed by atoms with van der Waals surface area (Å²) >= 11 is 0. The highest BCUT2D eigenvalue weighted by Gasteiger charge is 2.46. The lowest BCUT2D eigenvalue weighted by Gasteiger charge is -2.12. The standard InChI is InChI=1S/C10H9FO4/c11-7-8(12)5(10(13)1-2-10)3-6-9(7)15-4-14-6/h3,12-13H,1-2,4H2. The predicted molar refractivity (Wildman–Crippen MR) is 47.3 cm³/mol. The fourth-order valence-electron chi connectivity index (χ4n) is 1.73. The molecule has 1 aliphatic heterocycles. The van der Waals surface area contributed by atoms with Gasteiger partial charge >= 0.3 is 0 Å². The maximum Gasteiger partial charge on any atom is 0.231 e. The van der Waals surface area contributed by atoms with Crippen molar-refractivity contribution in [3.8, 4) is 17.2 Å². The molecule has 4 nitrogen and oxygen atoms in total. The Bertz CT molecular complexity index is 440. The molecule has 2 aliphatic rings. The van der Waals surface area contributed by atoms with Crippen molar-refractivity contribution in [3.63, 3.8) is 0 Å². The Morgan fingerprint density at radius 2 is 2.07 bits per heavy atom. The third kappa shape index (κ3) is 1.10. The first kappa shape index (κ1) is 8.79. The Hall–Kier alpha value is -1.49. The van der Waals surface area contributed by atoms with Crippen molar-refractivity contribution < 1.29 is 24.1 Å². The SMILES string of the molecule is Oc1c(C2(O)CC2)cc2c(c1F)OCO2. The molecule has 3 rings (SSSR count). The highest BCUT2D eigenvalue weighted by molar-refractivity contribution is 5.55. The number of benzene rings is 1. The van der Waals surface area contributed by atoms with E-state index in [0.29, 0.717) is 12.8 Å². The highest BCUT2D eigenvalue weighted by Crippen LogP contribution is 2.53. The van der Waals surface area contributed by atoms with Crippen LogP contribution in [-0.2, 0) is 5.60 Å². The van der Waals surface area contributed by atoms with Crippen LogP contribution in [0.2, 0.25) is 0 Å². The van der Waals surface area contributed by atoms with Crippen LogP contribution in [0, 0.1) is 5.82 Å². The van der Waals surface area contributed by atoms with Crippen LogP contribution in [0.4, 0.5) is 4.39 Å². The van der Waals surface area contributed by atoms with E-state index in [4.69, 9.17) is 9.47 Å². The minimum Gasteiger partial charge on any atom is -0.504 e. The first-order valence-corrected chi connectivity index (χ1v) is 4.66. The second kappa shape index (κ2) is 2.55. The second-order valence-corrected chi connectivity index (χ2v) is 3.85. The molecule has 0 bridgehead atoms. The number of aromatic hydroxyl groups is 1. The first-order valence-electron chi connectivity index (χ1n) is 4.66. The normalized spacial score (nSPS) is 20.4. The van der Waals surface area contributed by atoms with Crippen molar-refractivity contribution in [2.75, 3.05) is 6.79 Å². The number of ether oxygens (including phenoxy) is 2. The van der Waals surface area contributed by atoms with E-state index in [9.17, 15) is 14.6 Å². The van der Waals surface area contributed by atoms with Crippen molar-refractivity contribution in [2.24, 2.45) is 0 Å². The van der Waals surface area contributed by atoms with Gasteiger partial charge in [0, 0.05) is 5.56 Å². The number of phenolic OH excluding ortho intramolecular Hbond substituents is 1. The number of hydrogen-bond donors (Lipinski definition) is 2. The van der Waals surface area contributed by atoms with Gasteiger partial charge < -0.3 is 19.7 Å². The van der Waals surface area contributed by atoms with Crippen molar-refractivity contribution in [1.29, 1.82) is 0 Å². The molecule has 1 fully saturated rings. The lowest BCUT2D eigenvalue weighted by atomic mass is 10.1. The summed E-state index contributed by atoms with van der Waals surface area (Å²) in [5, 5.41) is 19.4. The minimum atomic E-state index is -1.09. The van der Waals surface area contributed by atoms with Gasteiger partial charge in [-0.05, 0) is 18.9 Å². The molecule has 0 saturated heterocycles. The average molecular weight is 212 g/mol. The molecule has 1 saturated carbocycles. The smallest absolute Gasteiger partial charge is 0.231 e. The van der Waals surface area contributed by atoms with Gasteiger partial charge in [-0.25, -0.2) is 0 Å². The maximum atomic E-state index is 13.6. The summed E-state index contributed by atoms with van der Waals surface area (Å²) in [5.74, 6) is -1.25. The molecule has 2 N–H and O–H groups in total. The Morgan fingerprint density at radius 1 is 1.33 bits per heavy atom. The molecule has 15 heavy (non-hydrogen) atoms. The molecule has 1 aromatic carbocycles. The summed E-state index contributed by atoms with van der Waals surface area (Å²) in [5.41, 5.74) is -0.907. The molecule has 1 aromatic rings. The van der Waals surface area contributed by atoms with Crippen LogP contribution < -0.4 is 9.47 Å². The fraction of sp³-hybridized carbons (Fsp3) is 0.400. The van der Waals surface area contributed by atoms with Gasteiger partial charge in [-0.2, -0.15) is 4.39 Å². The quantitative estimate of drug-likeness (QED) is 0.735. The molecule has 0 radical (unpaired) electrons. The Labute approximate surface area is 84.9 Å². The topological polar surface area (TPSA) is 58.9 Å². The van der Waals surface area contributed by atoms with Crippen molar-refractivity contribution in [2.45, 2.75) is 18.4 Å². The van der Waals surface area contributed by atoms with E-state index in [2.05, 4.69) is 0 Å². The zero-order chi connectivity index (χ0) is 10.6. The summed E-state index contributed by atoms with van der Waals surface area (Å²) < 4.78 is 23.4. The summed E-state index contributed by atoms with van der Waals surface area (Å²) in [6.45, 7) is -0.0619. The highest BCUT2D eigenvalue weighted by atomic mass is 19.1. The number of phenols is 1. The zero-order valence-electron chi connectivity index (χ0n) is 7.79. The van der Waals surface area contributed by atoms with Crippen molar-refractivity contribution in [3.05, 3.63) is 17.4 Å². The van der Waals surface area contributed by atoms with Gasteiger partial charge in [-0.15, -0.1) is 0 Å². The summed E-state index contributed by atoms with van der Waals surface area (Å²) in [6, 6.07) is 1.44. The summed E-state index contributed by atoms with van der Waals surface area (Å²) in [7, 11) is 0. The van der Waals surface area contributed by atoms with Crippen LogP contribution in [0.5, 0.6) is 17.2 Å². The van der Waals surface area contributed by atoms with Crippen LogP contribution in [0.1, 0.15) is 18.4 Å². The maximum absolute atomic E-state index is 13.6. The molecule has 80 valence electrons. The lowest BCUT2D eigenvalue weighted by molar-refractivity contribution is 0.146. The average Bonchev–Trinajstić information content (AvgIpc) is 2.80. The van der Waals surface area contributed by atoms with Crippen molar-refractivity contribution in [1.82, 2.24) is 0 Å². The molecule has 0 unspecified atom stereocenters. The van der Waals surface area contributed by atoms with Gasteiger partial charge in [0.05, 0.1) is 5.60 Å². The van der Waals surface area contributed by atoms with E-state index in [0.717, 1.165) is 0 Å². The second-order valence-electron chi connectivity index (χ2n) is 3.85. The lowest BCUT2D eigenvalue weighted by Crippen LogP contribution is -2.05. The Balaban J connectivity index is 2.20.